The molecule has 0 radical (unpaired) electrons. The Morgan fingerprint density at radius 1 is 1.17 bits per heavy atom. The van der Waals surface area contributed by atoms with E-state index in [1.807, 2.05) is 6.92 Å². The lowest BCUT2D eigenvalue weighted by Gasteiger charge is -2.25. The Bertz CT molecular complexity index is 205. The summed E-state index contributed by atoms with van der Waals surface area (Å²) in [5.41, 5.74) is -0.444. The summed E-state index contributed by atoms with van der Waals surface area (Å²) in [5.74, 6) is 1.57. The molecule has 1 fully saturated rings. The molecule has 0 aromatic carbocycles. The van der Waals surface area contributed by atoms with Crippen molar-refractivity contribution in [1.29, 1.82) is 0 Å². The first kappa shape index (κ1) is 16.0. The van der Waals surface area contributed by atoms with Gasteiger partial charge in [0.25, 0.3) is 0 Å². The first-order valence-corrected chi connectivity index (χ1v) is 7.80. The van der Waals surface area contributed by atoms with E-state index in [1.54, 1.807) is 0 Å². The molecule has 0 aliphatic carbocycles. The second-order valence-electron chi connectivity index (χ2n) is 6.73. The van der Waals surface area contributed by atoms with Crippen LogP contribution in [-0.2, 0) is 4.74 Å². The summed E-state index contributed by atoms with van der Waals surface area (Å²) in [6.45, 7) is 8.36. The van der Waals surface area contributed by atoms with Crippen molar-refractivity contribution in [1.82, 2.24) is 0 Å². The molecule has 0 aromatic rings. The first-order chi connectivity index (χ1) is 8.49. The molecular weight excluding hydrogens is 224 g/mol. The quantitative estimate of drug-likeness (QED) is 0.661. The lowest BCUT2D eigenvalue weighted by Crippen LogP contribution is -2.24. The third-order valence-corrected chi connectivity index (χ3v) is 4.18. The monoisotopic (exact) mass is 256 g/mol. The van der Waals surface area contributed by atoms with Crippen LogP contribution in [0.25, 0.3) is 0 Å². The lowest BCUT2D eigenvalue weighted by molar-refractivity contribution is 0.0321. The molecule has 0 amide bonds. The Labute approximate surface area is 113 Å². The Hall–Kier alpha value is -0.0800. The van der Waals surface area contributed by atoms with E-state index < -0.39 is 5.60 Å². The molecule has 0 saturated carbocycles. The molecule has 1 aliphatic rings. The summed E-state index contributed by atoms with van der Waals surface area (Å²) in [5, 5.41) is 10.3. The molecule has 1 N–H and O–H groups in total. The van der Waals surface area contributed by atoms with Crippen molar-refractivity contribution < 1.29 is 9.84 Å². The van der Waals surface area contributed by atoms with E-state index in [2.05, 4.69) is 13.8 Å². The number of hydrogen-bond acceptors (Lipinski definition) is 2. The molecule has 1 heterocycles. The van der Waals surface area contributed by atoms with Crippen LogP contribution in [0.4, 0.5) is 0 Å². The Morgan fingerprint density at radius 3 is 2.44 bits per heavy atom. The smallest absolute Gasteiger partial charge is 0.0619 e. The zero-order chi connectivity index (χ0) is 13.4. The fourth-order valence-electron chi connectivity index (χ4n) is 2.70. The average molecular weight is 256 g/mol. The van der Waals surface area contributed by atoms with Gasteiger partial charge in [-0.2, -0.15) is 0 Å². The minimum atomic E-state index is -0.444. The molecule has 2 heteroatoms. The molecule has 1 atom stereocenters. The fourth-order valence-corrected chi connectivity index (χ4v) is 2.70. The first-order valence-electron chi connectivity index (χ1n) is 7.80. The molecule has 1 rings (SSSR count). The molecule has 0 bridgehead atoms. The molecular formula is C16H32O2. The van der Waals surface area contributed by atoms with Crippen LogP contribution in [0.5, 0.6) is 0 Å². The molecule has 1 saturated heterocycles. The van der Waals surface area contributed by atoms with Crippen molar-refractivity contribution in [3.8, 4) is 0 Å². The van der Waals surface area contributed by atoms with Crippen LogP contribution in [0.15, 0.2) is 0 Å². The van der Waals surface area contributed by atoms with Crippen molar-refractivity contribution in [2.24, 2.45) is 11.8 Å². The third kappa shape index (κ3) is 7.38. The molecule has 1 unspecified atom stereocenters. The number of unbranched alkanes of at least 4 members (excludes halogenated alkanes) is 1. The summed E-state index contributed by atoms with van der Waals surface area (Å²) >= 11 is 0. The van der Waals surface area contributed by atoms with Crippen LogP contribution in [0.3, 0.4) is 0 Å². The third-order valence-electron chi connectivity index (χ3n) is 4.18. The summed E-state index contributed by atoms with van der Waals surface area (Å²) in [6, 6.07) is 0. The van der Waals surface area contributed by atoms with Crippen LogP contribution in [0.2, 0.25) is 0 Å². The zero-order valence-electron chi connectivity index (χ0n) is 12.6. The van der Waals surface area contributed by atoms with Gasteiger partial charge in [-0.1, -0.05) is 33.1 Å². The number of aliphatic hydroxyl groups is 1. The van der Waals surface area contributed by atoms with Crippen molar-refractivity contribution >= 4 is 0 Å². The van der Waals surface area contributed by atoms with E-state index in [0.717, 1.165) is 38.4 Å². The number of rotatable bonds is 8. The zero-order valence-corrected chi connectivity index (χ0v) is 12.6. The molecule has 2 nitrogen and oxygen atoms in total. The minimum absolute atomic E-state index is 0.444. The van der Waals surface area contributed by atoms with Gasteiger partial charge < -0.3 is 9.84 Å². The van der Waals surface area contributed by atoms with E-state index in [1.165, 1.54) is 32.1 Å². The van der Waals surface area contributed by atoms with E-state index >= 15 is 0 Å². The highest BCUT2D eigenvalue weighted by Gasteiger charge is 2.20. The van der Waals surface area contributed by atoms with Crippen molar-refractivity contribution in [3.05, 3.63) is 0 Å². The van der Waals surface area contributed by atoms with Crippen molar-refractivity contribution in [3.63, 3.8) is 0 Å². The largest absolute Gasteiger partial charge is 0.390 e. The molecule has 0 spiro atoms. The molecule has 18 heavy (non-hydrogen) atoms. The highest BCUT2D eigenvalue weighted by atomic mass is 16.5. The Kier molecular flexibility index (Phi) is 7.25. The summed E-state index contributed by atoms with van der Waals surface area (Å²) < 4.78 is 5.37. The van der Waals surface area contributed by atoms with Gasteiger partial charge >= 0.3 is 0 Å². The fraction of sp³-hybridized carbons (Fsp3) is 1.00. The SMILES string of the molecule is CC(C)CCC(C)(O)CCCCC1CCOCC1. The van der Waals surface area contributed by atoms with Crippen LogP contribution in [0.1, 0.15) is 72.1 Å². The van der Waals surface area contributed by atoms with Gasteiger partial charge in [-0.15, -0.1) is 0 Å². The lowest BCUT2D eigenvalue weighted by atomic mass is 9.88. The second kappa shape index (κ2) is 8.16. The molecule has 1 aliphatic heterocycles. The highest BCUT2D eigenvalue weighted by Crippen LogP contribution is 2.25. The normalized spacial score (nSPS) is 21.2. The summed E-state index contributed by atoms with van der Waals surface area (Å²) in [4.78, 5) is 0. The minimum Gasteiger partial charge on any atom is -0.390 e. The summed E-state index contributed by atoms with van der Waals surface area (Å²) in [7, 11) is 0. The number of hydrogen-bond donors (Lipinski definition) is 1. The second-order valence-corrected chi connectivity index (χ2v) is 6.73. The maximum atomic E-state index is 10.3. The molecule has 0 aromatic heterocycles. The highest BCUT2D eigenvalue weighted by molar-refractivity contribution is 4.73. The number of ether oxygens (including phenoxy) is 1. The van der Waals surface area contributed by atoms with Gasteiger partial charge in [0.05, 0.1) is 5.60 Å². The Morgan fingerprint density at radius 2 is 1.83 bits per heavy atom. The van der Waals surface area contributed by atoms with Crippen LogP contribution < -0.4 is 0 Å². The maximum Gasteiger partial charge on any atom is 0.0619 e. The van der Waals surface area contributed by atoms with Gasteiger partial charge in [-0.25, -0.2) is 0 Å². The summed E-state index contributed by atoms with van der Waals surface area (Å²) in [6.07, 6.45) is 9.28. The average Bonchev–Trinajstić information content (AvgIpc) is 2.34. The van der Waals surface area contributed by atoms with Gasteiger partial charge in [0.1, 0.15) is 0 Å². The Balaban J connectivity index is 2.04. The van der Waals surface area contributed by atoms with Gasteiger partial charge in [0.2, 0.25) is 0 Å². The van der Waals surface area contributed by atoms with E-state index in [-0.39, 0.29) is 0 Å². The van der Waals surface area contributed by atoms with Gasteiger partial charge in [-0.3, -0.25) is 0 Å². The van der Waals surface area contributed by atoms with E-state index in [4.69, 9.17) is 4.74 Å². The maximum absolute atomic E-state index is 10.3. The predicted octanol–water partition coefficient (Wildman–Crippen LogP) is 4.16. The predicted molar refractivity (Wildman–Crippen MR) is 76.7 cm³/mol. The van der Waals surface area contributed by atoms with Crippen LogP contribution >= 0.6 is 0 Å². The van der Waals surface area contributed by atoms with Gasteiger partial charge in [0.15, 0.2) is 0 Å². The topological polar surface area (TPSA) is 29.5 Å². The van der Waals surface area contributed by atoms with E-state index in [0.29, 0.717) is 5.92 Å². The van der Waals surface area contributed by atoms with Crippen molar-refractivity contribution in [2.45, 2.75) is 77.7 Å². The van der Waals surface area contributed by atoms with Gasteiger partial charge in [-0.05, 0) is 50.9 Å². The van der Waals surface area contributed by atoms with Crippen LogP contribution in [-0.4, -0.2) is 23.9 Å². The van der Waals surface area contributed by atoms with E-state index in [9.17, 15) is 5.11 Å². The standard InChI is InChI=1S/C16H32O2/c1-14(2)7-11-16(3,17)10-5-4-6-15-8-12-18-13-9-15/h14-15,17H,4-13H2,1-3H3. The van der Waals surface area contributed by atoms with Crippen LogP contribution in [0, 0.1) is 11.8 Å². The molecule has 108 valence electrons. The van der Waals surface area contributed by atoms with Gasteiger partial charge in [0, 0.05) is 13.2 Å². The van der Waals surface area contributed by atoms with Crippen molar-refractivity contribution in [2.75, 3.05) is 13.2 Å².